The van der Waals surface area contributed by atoms with Crippen molar-refractivity contribution in [2.75, 3.05) is 4.72 Å². The average molecular weight is 520 g/mol. The molecule has 2 N–H and O–H groups in total. The van der Waals surface area contributed by atoms with Gasteiger partial charge in [0.2, 0.25) is 0 Å². The molecule has 3 rings (SSSR count). The van der Waals surface area contributed by atoms with Gasteiger partial charge in [-0.3, -0.25) is 0 Å². The van der Waals surface area contributed by atoms with E-state index >= 15 is 0 Å². The van der Waals surface area contributed by atoms with Crippen LogP contribution < -0.4 is 9.46 Å². The molecule has 0 aliphatic heterocycles. The van der Waals surface area contributed by atoms with Crippen molar-refractivity contribution < 1.29 is 19.4 Å². The Hall–Kier alpha value is -2.54. The topological polar surface area (TPSA) is 67.8 Å². The standard InChI is InChI=1S/C26H27Cl2NO4S/c1-25(2,3)33-24(31)26(4,5)32-21-12-11-17(16-9-7-6-8-10-16)13-20(21)29-34-22-15-18(27)14-19(28)23(22)30/h6-15,29-30H,1-5H3. The summed E-state index contributed by atoms with van der Waals surface area (Å²) in [6, 6.07) is 18.6. The number of nitrogens with one attached hydrogen (secondary N) is 1. The van der Waals surface area contributed by atoms with Crippen LogP contribution in [0.5, 0.6) is 11.5 Å². The van der Waals surface area contributed by atoms with E-state index in [0.717, 1.165) is 23.1 Å². The number of benzene rings is 3. The number of ether oxygens (including phenoxy) is 2. The van der Waals surface area contributed by atoms with Gasteiger partial charge in [0.1, 0.15) is 17.1 Å². The van der Waals surface area contributed by atoms with Crippen LogP contribution in [0, 0.1) is 0 Å². The summed E-state index contributed by atoms with van der Waals surface area (Å²) in [5.74, 6) is -0.125. The Bertz CT molecular complexity index is 1180. The maximum absolute atomic E-state index is 12.7. The molecule has 0 amide bonds. The van der Waals surface area contributed by atoms with Crippen molar-refractivity contribution in [1.29, 1.82) is 0 Å². The normalized spacial score (nSPS) is 11.7. The maximum Gasteiger partial charge on any atom is 0.350 e. The highest BCUT2D eigenvalue weighted by molar-refractivity contribution is 8.00. The van der Waals surface area contributed by atoms with E-state index in [0.29, 0.717) is 21.4 Å². The maximum atomic E-state index is 12.7. The fourth-order valence-electron chi connectivity index (χ4n) is 2.96. The molecule has 0 heterocycles. The van der Waals surface area contributed by atoms with Crippen molar-refractivity contribution >= 4 is 46.8 Å². The molecule has 0 saturated carbocycles. The predicted molar refractivity (Wildman–Crippen MR) is 140 cm³/mol. The van der Waals surface area contributed by atoms with Gasteiger partial charge >= 0.3 is 5.97 Å². The molecule has 0 aromatic heterocycles. The number of hydrogen-bond acceptors (Lipinski definition) is 6. The third-order valence-corrected chi connectivity index (χ3v) is 5.97. The number of anilines is 1. The molecule has 0 atom stereocenters. The summed E-state index contributed by atoms with van der Waals surface area (Å²) < 4.78 is 14.9. The Morgan fingerprint density at radius 2 is 1.62 bits per heavy atom. The van der Waals surface area contributed by atoms with Crippen molar-refractivity contribution in [3.05, 3.63) is 70.7 Å². The lowest BCUT2D eigenvalue weighted by atomic mass is 10.0. The quantitative estimate of drug-likeness (QED) is 0.243. The number of carbonyl (C=O) groups is 1. The zero-order valence-corrected chi connectivity index (χ0v) is 21.9. The first-order valence-corrected chi connectivity index (χ1v) is 12.2. The summed E-state index contributed by atoms with van der Waals surface area (Å²) in [6.45, 7) is 8.74. The lowest BCUT2D eigenvalue weighted by Gasteiger charge is -2.30. The predicted octanol–water partition coefficient (Wildman–Crippen LogP) is 7.98. The fourth-order valence-corrected chi connectivity index (χ4v) is 4.34. The molecule has 5 nitrogen and oxygen atoms in total. The van der Waals surface area contributed by atoms with Crippen LogP contribution in [0.2, 0.25) is 10.0 Å². The molecule has 3 aromatic carbocycles. The van der Waals surface area contributed by atoms with Gasteiger partial charge in [-0.2, -0.15) is 0 Å². The third kappa shape index (κ3) is 6.75. The first-order chi connectivity index (χ1) is 15.9. The van der Waals surface area contributed by atoms with E-state index < -0.39 is 17.2 Å². The van der Waals surface area contributed by atoms with Crippen molar-refractivity contribution in [3.8, 4) is 22.6 Å². The second-order valence-electron chi connectivity index (χ2n) is 9.13. The van der Waals surface area contributed by atoms with Crippen LogP contribution in [0.25, 0.3) is 11.1 Å². The minimum atomic E-state index is -1.25. The number of carbonyl (C=O) groups excluding carboxylic acids is 1. The number of aromatic hydroxyl groups is 1. The number of phenolic OH excluding ortho intramolecular Hbond substituents is 1. The second-order valence-corrected chi connectivity index (χ2v) is 10.8. The molecule has 3 aromatic rings. The minimum absolute atomic E-state index is 0.0840. The molecule has 0 spiro atoms. The molecule has 0 fully saturated rings. The summed E-state index contributed by atoms with van der Waals surface area (Å²) in [6.07, 6.45) is 0. The van der Waals surface area contributed by atoms with Crippen molar-refractivity contribution in [2.45, 2.75) is 50.7 Å². The number of esters is 1. The summed E-state index contributed by atoms with van der Waals surface area (Å²) >= 11 is 13.3. The molecule has 0 aliphatic rings. The smallest absolute Gasteiger partial charge is 0.350 e. The Labute approximate surface area is 214 Å². The number of halogens is 2. The highest BCUT2D eigenvalue weighted by Gasteiger charge is 2.35. The Morgan fingerprint density at radius 3 is 2.26 bits per heavy atom. The van der Waals surface area contributed by atoms with Gasteiger partial charge < -0.3 is 19.3 Å². The molecule has 0 saturated heterocycles. The Balaban J connectivity index is 1.95. The van der Waals surface area contributed by atoms with Crippen LogP contribution in [0.4, 0.5) is 5.69 Å². The van der Waals surface area contributed by atoms with Crippen LogP contribution in [0.1, 0.15) is 34.6 Å². The van der Waals surface area contributed by atoms with Gasteiger partial charge in [0.05, 0.1) is 15.6 Å². The van der Waals surface area contributed by atoms with Gasteiger partial charge in [-0.05, 0) is 82.0 Å². The van der Waals surface area contributed by atoms with E-state index in [9.17, 15) is 9.90 Å². The number of phenols is 1. The molecule has 0 unspecified atom stereocenters. The van der Waals surface area contributed by atoms with Crippen LogP contribution in [0.3, 0.4) is 0 Å². The largest absolute Gasteiger partial charge is 0.505 e. The number of rotatable bonds is 7. The van der Waals surface area contributed by atoms with Crippen LogP contribution in [0.15, 0.2) is 65.6 Å². The Morgan fingerprint density at radius 1 is 0.941 bits per heavy atom. The van der Waals surface area contributed by atoms with Gasteiger partial charge in [-0.25, -0.2) is 4.79 Å². The first kappa shape index (κ1) is 26.1. The lowest BCUT2D eigenvalue weighted by molar-refractivity contribution is -0.170. The fraction of sp³-hybridized carbons (Fsp3) is 0.269. The van der Waals surface area contributed by atoms with Crippen molar-refractivity contribution in [1.82, 2.24) is 0 Å². The van der Waals surface area contributed by atoms with E-state index in [1.165, 1.54) is 6.07 Å². The van der Waals surface area contributed by atoms with E-state index in [-0.39, 0.29) is 10.8 Å². The van der Waals surface area contributed by atoms with Crippen LogP contribution >= 0.6 is 35.1 Å². The zero-order chi connectivity index (χ0) is 25.1. The molecule has 0 radical (unpaired) electrons. The summed E-state index contributed by atoms with van der Waals surface area (Å²) in [5.41, 5.74) is 0.666. The van der Waals surface area contributed by atoms with Crippen molar-refractivity contribution in [3.63, 3.8) is 0 Å². The molecule has 0 aliphatic carbocycles. The molecular weight excluding hydrogens is 493 g/mol. The van der Waals surface area contributed by atoms with Gasteiger partial charge in [0, 0.05) is 5.02 Å². The summed E-state index contributed by atoms with van der Waals surface area (Å²) in [5, 5.41) is 10.9. The SMILES string of the molecule is CC(C)(C)OC(=O)C(C)(C)Oc1ccc(-c2ccccc2)cc1NSc1cc(Cl)cc(Cl)c1O. The first-order valence-electron chi connectivity index (χ1n) is 10.6. The minimum Gasteiger partial charge on any atom is -0.505 e. The van der Waals surface area contributed by atoms with Gasteiger partial charge in [0.25, 0.3) is 0 Å². The molecular formula is C26H27Cl2NO4S. The van der Waals surface area contributed by atoms with E-state index in [2.05, 4.69) is 4.72 Å². The van der Waals surface area contributed by atoms with E-state index in [1.807, 2.05) is 63.2 Å². The van der Waals surface area contributed by atoms with Crippen molar-refractivity contribution in [2.24, 2.45) is 0 Å². The third-order valence-electron chi connectivity index (χ3n) is 4.61. The van der Waals surface area contributed by atoms with Crippen LogP contribution in [-0.4, -0.2) is 22.3 Å². The average Bonchev–Trinajstić information content (AvgIpc) is 2.75. The van der Waals surface area contributed by atoms with Crippen LogP contribution in [-0.2, 0) is 9.53 Å². The highest BCUT2D eigenvalue weighted by Crippen LogP contribution is 2.41. The van der Waals surface area contributed by atoms with Gasteiger partial charge in [0.15, 0.2) is 5.60 Å². The zero-order valence-electron chi connectivity index (χ0n) is 19.6. The second kappa shape index (κ2) is 10.4. The molecule has 34 heavy (non-hydrogen) atoms. The van der Waals surface area contributed by atoms with Gasteiger partial charge in [-0.1, -0.05) is 59.6 Å². The number of hydrogen-bond donors (Lipinski definition) is 2. The van der Waals surface area contributed by atoms with Gasteiger partial charge in [-0.15, -0.1) is 0 Å². The molecule has 0 bridgehead atoms. The lowest BCUT2D eigenvalue weighted by Crippen LogP contribution is -2.43. The molecule has 8 heteroatoms. The van der Waals surface area contributed by atoms with E-state index in [4.69, 9.17) is 32.7 Å². The monoisotopic (exact) mass is 519 g/mol. The summed E-state index contributed by atoms with van der Waals surface area (Å²) in [4.78, 5) is 13.2. The highest BCUT2D eigenvalue weighted by atomic mass is 35.5. The Kier molecular flexibility index (Phi) is 7.96. The molecule has 180 valence electrons. The summed E-state index contributed by atoms with van der Waals surface area (Å²) in [7, 11) is 0. The van der Waals surface area contributed by atoms with E-state index in [1.54, 1.807) is 26.0 Å².